The van der Waals surface area contributed by atoms with Gasteiger partial charge in [-0.15, -0.1) is 0 Å². The first-order valence-electron chi connectivity index (χ1n) is 3.40. The Labute approximate surface area is 75.6 Å². The van der Waals surface area contributed by atoms with Gasteiger partial charge in [-0.25, -0.2) is 0 Å². The molecule has 6 N–H and O–H groups in total. The number of aliphatic hydroxyl groups is 1. The molecule has 0 aliphatic heterocycles. The molecule has 2 unspecified atom stereocenters. The average Bonchev–Trinajstić information content (AvgIpc) is 1.97. The molecule has 13 heavy (non-hydrogen) atoms. The summed E-state index contributed by atoms with van der Waals surface area (Å²) in [5.41, 5.74) is 5.04. The van der Waals surface area contributed by atoms with Crippen LogP contribution in [0.1, 0.15) is 12.8 Å². The largest absolute Gasteiger partial charge is 0.554 e. The van der Waals surface area contributed by atoms with Gasteiger partial charge in [0.05, 0.1) is 0 Å². The third-order valence-corrected chi connectivity index (χ3v) is 4.78. The highest BCUT2D eigenvalue weighted by molar-refractivity contribution is 7.66. The van der Waals surface area contributed by atoms with Crippen LogP contribution in [-0.4, -0.2) is 31.4 Å². The lowest BCUT2D eigenvalue weighted by molar-refractivity contribution is 0.144. The molecule has 0 aliphatic rings. The van der Waals surface area contributed by atoms with Crippen molar-refractivity contribution in [1.82, 2.24) is 0 Å². The van der Waals surface area contributed by atoms with Crippen molar-refractivity contribution < 1.29 is 28.9 Å². The highest BCUT2D eigenvalue weighted by Crippen LogP contribution is 2.61. The van der Waals surface area contributed by atoms with Crippen LogP contribution in [0, 0.1) is 0 Å². The molecule has 0 heterocycles. The van der Waals surface area contributed by atoms with Crippen molar-refractivity contribution in [3.63, 3.8) is 0 Å². The van der Waals surface area contributed by atoms with Crippen molar-refractivity contribution in [3.05, 3.63) is 0 Å². The zero-order valence-corrected chi connectivity index (χ0v) is 8.49. The molecule has 0 amide bonds. The molecule has 0 aromatic heterocycles. The van der Waals surface area contributed by atoms with Crippen molar-refractivity contribution >= 4 is 15.6 Å². The van der Waals surface area contributed by atoms with Gasteiger partial charge in [0.2, 0.25) is 0 Å². The van der Waals surface area contributed by atoms with Crippen LogP contribution in [0.2, 0.25) is 0 Å². The molecule has 0 aromatic rings. The summed E-state index contributed by atoms with van der Waals surface area (Å²) in [5.74, 6) is 0. The van der Waals surface area contributed by atoms with Gasteiger partial charge in [0.15, 0.2) is 0 Å². The number of rotatable bonds is 5. The Hall–Kier alpha value is 0.130. The number of nitrogens with two attached hydrogens (primary N) is 1. The van der Waals surface area contributed by atoms with Gasteiger partial charge in [0, 0.05) is 6.42 Å². The van der Waals surface area contributed by atoms with Crippen molar-refractivity contribution in [2.45, 2.75) is 17.9 Å². The Balaban J connectivity index is 4.75. The van der Waals surface area contributed by atoms with Crippen LogP contribution in [-0.2, 0) is 9.13 Å². The molecule has 0 saturated carbocycles. The lowest BCUT2D eigenvalue weighted by Crippen LogP contribution is -2.25. The van der Waals surface area contributed by atoms with Gasteiger partial charge in [-0.1, -0.05) is 0 Å². The van der Waals surface area contributed by atoms with E-state index in [0.717, 1.165) is 0 Å². The maximum Gasteiger partial charge on any atom is 0.554 e. The van der Waals surface area contributed by atoms with E-state index >= 15 is 0 Å². The van der Waals surface area contributed by atoms with Crippen LogP contribution >= 0.6 is 15.6 Å². The summed E-state index contributed by atoms with van der Waals surface area (Å²) in [4.78, 5) is 25.8. The second kappa shape index (κ2) is 4.57. The second-order valence-corrected chi connectivity index (χ2v) is 5.95. The van der Waals surface area contributed by atoms with Gasteiger partial charge in [0.25, 0.3) is 0 Å². The van der Waals surface area contributed by atoms with Crippen molar-refractivity contribution in [2.24, 2.45) is 5.73 Å². The van der Waals surface area contributed by atoms with E-state index in [-0.39, 0.29) is 13.0 Å². The van der Waals surface area contributed by atoms with Gasteiger partial charge in [-0.2, -0.15) is 4.89 Å². The predicted octanol–water partition coefficient (Wildman–Crippen LogP) is -0.716. The lowest BCUT2D eigenvalue weighted by Gasteiger charge is -2.15. The highest BCUT2D eigenvalue weighted by atomic mass is 31.2. The Morgan fingerprint density at radius 3 is 2.15 bits per heavy atom. The smallest absolute Gasteiger partial charge is 0.337 e. The fourth-order valence-corrected chi connectivity index (χ4v) is 2.38. The Bertz CT molecular complexity index is 239. The minimum atomic E-state index is -5.01. The lowest BCUT2D eigenvalue weighted by atomic mass is 10.3. The van der Waals surface area contributed by atoms with E-state index in [9.17, 15) is 14.2 Å². The minimum Gasteiger partial charge on any atom is -0.337 e. The minimum absolute atomic E-state index is 0.0588. The highest BCUT2D eigenvalue weighted by Gasteiger charge is 2.62. The quantitative estimate of drug-likeness (QED) is 0.394. The Morgan fingerprint density at radius 2 is 1.92 bits per heavy atom. The molecule has 0 spiro atoms. The van der Waals surface area contributed by atoms with Crippen molar-refractivity contribution in [2.75, 3.05) is 6.54 Å². The van der Waals surface area contributed by atoms with E-state index in [1.54, 1.807) is 0 Å². The van der Waals surface area contributed by atoms with E-state index in [1.165, 1.54) is 0 Å². The van der Waals surface area contributed by atoms with E-state index in [2.05, 4.69) is 0 Å². The zero-order chi connectivity index (χ0) is 10.7. The van der Waals surface area contributed by atoms with Crippen LogP contribution in [0.15, 0.2) is 0 Å². The maximum atomic E-state index is 10.7. The van der Waals surface area contributed by atoms with Gasteiger partial charge >= 0.3 is 20.7 Å². The molecule has 0 saturated heterocycles. The van der Waals surface area contributed by atoms with Crippen molar-refractivity contribution in [3.8, 4) is 0 Å². The number of hydrogen-bond donors (Lipinski definition) is 5. The molecule has 0 aliphatic carbocycles. The summed E-state index contributed by atoms with van der Waals surface area (Å²) >= 11 is 0. The first-order valence-corrected chi connectivity index (χ1v) is 6.22. The van der Waals surface area contributed by atoms with Crippen LogP contribution in [0.25, 0.3) is 0 Å². The first-order chi connectivity index (χ1) is 5.75. The summed E-state index contributed by atoms with van der Waals surface area (Å²) in [6, 6.07) is 0. The molecule has 78 valence electrons. The van der Waals surface area contributed by atoms with Crippen LogP contribution in [0.3, 0.4) is 0 Å². The second-order valence-electron chi connectivity index (χ2n) is 2.48. The topological polar surface area (TPSA) is 141 Å². The summed E-state index contributed by atoms with van der Waals surface area (Å²) in [6.07, 6.45) is -0.442. The summed E-state index contributed by atoms with van der Waals surface area (Å²) < 4.78 is 21.2. The monoisotopic (exact) mass is 232 g/mol. The average molecular weight is 232 g/mol. The van der Waals surface area contributed by atoms with Crippen LogP contribution < -0.4 is 5.73 Å². The van der Waals surface area contributed by atoms with E-state index in [4.69, 9.17) is 20.4 Å². The fourth-order valence-electron chi connectivity index (χ4n) is 0.692. The molecule has 0 fully saturated rings. The molecular formula is C4H12NO6P2+. The van der Waals surface area contributed by atoms with Crippen LogP contribution in [0.5, 0.6) is 0 Å². The molecule has 2 atom stereocenters. The standard InChI is InChI=1S/C4H11NO6P2/c5-3-1-2-4(6,12(7)8)13(9,10)11/h6H,1-3,5H2,(H2-,7,8,9,10,11)/p+1. The maximum absolute atomic E-state index is 10.7. The molecule has 0 aromatic carbocycles. The fraction of sp³-hybridized carbons (Fsp3) is 1.00. The van der Waals surface area contributed by atoms with Gasteiger partial charge in [-0.05, 0) is 17.5 Å². The summed E-state index contributed by atoms with van der Waals surface area (Å²) in [6.45, 7) is 0.0749. The van der Waals surface area contributed by atoms with Crippen molar-refractivity contribution in [1.29, 1.82) is 0 Å². The van der Waals surface area contributed by atoms with Gasteiger partial charge < -0.3 is 20.6 Å². The molecule has 9 heteroatoms. The zero-order valence-electron chi connectivity index (χ0n) is 6.70. The van der Waals surface area contributed by atoms with E-state index < -0.39 is 27.1 Å². The van der Waals surface area contributed by atoms with E-state index in [0.29, 0.717) is 0 Å². The number of hydrogen-bond acceptors (Lipinski definition) is 4. The third kappa shape index (κ3) is 3.07. The predicted molar refractivity (Wildman–Crippen MR) is 45.1 cm³/mol. The molecule has 7 nitrogen and oxygen atoms in total. The summed E-state index contributed by atoms with van der Waals surface area (Å²) in [7, 11) is -8.37. The molecule has 0 rings (SSSR count). The third-order valence-electron chi connectivity index (χ3n) is 1.49. The Morgan fingerprint density at radius 1 is 1.46 bits per heavy atom. The molecular weight excluding hydrogens is 220 g/mol. The van der Waals surface area contributed by atoms with Gasteiger partial charge in [-0.3, -0.25) is 4.57 Å². The normalized spacial score (nSPS) is 18.1. The molecule has 0 radical (unpaired) electrons. The first kappa shape index (κ1) is 13.1. The SMILES string of the molecule is NCCCC(O)([P+](=O)O)P(=O)(O)O. The Kier molecular flexibility index (Phi) is 4.62. The van der Waals surface area contributed by atoms with Crippen LogP contribution in [0.4, 0.5) is 0 Å². The van der Waals surface area contributed by atoms with Gasteiger partial charge in [0.1, 0.15) is 0 Å². The van der Waals surface area contributed by atoms with E-state index in [1.807, 2.05) is 0 Å². The molecule has 0 bridgehead atoms. The summed E-state index contributed by atoms with van der Waals surface area (Å²) in [5, 5.41) is 6.34.